The highest BCUT2D eigenvalue weighted by Gasteiger charge is 2.54. The predicted octanol–water partition coefficient (Wildman–Crippen LogP) is 10.7. The topological polar surface area (TPSA) is 0 Å². The molecule has 2 aliphatic carbocycles. The standard InChI is InChI=1S/C28H18F4S4/c1-11-5-7-17(33-11)19-9-15-25(35-19)21-13(3)24-22(14(4)23(21)27(15,29)30)26-16(28(24,31)32)10-20(36-26)18-8-6-12(2)34-18/h5-10H,1-4H3. The minimum absolute atomic E-state index is 0.0668. The number of rotatable bonds is 2. The number of hydrogen-bond donors (Lipinski definition) is 0. The maximum Gasteiger partial charge on any atom is 0.300 e. The van der Waals surface area contributed by atoms with Crippen LogP contribution in [0.25, 0.3) is 40.4 Å². The van der Waals surface area contributed by atoms with Crippen LogP contribution in [0.5, 0.6) is 0 Å². The maximum absolute atomic E-state index is 16.0. The fraction of sp³-hybridized carbons (Fsp3) is 0.214. The van der Waals surface area contributed by atoms with Crippen molar-refractivity contribution in [2.75, 3.05) is 0 Å². The Labute approximate surface area is 221 Å². The predicted molar refractivity (Wildman–Crippen MR) is 145 cm³/mol. The van der Waals surface area contributed by atoms with Crippen molar-refractivity contribution in [3.8, 4) is 40.4 Å². The molecule has 0 N–H and O–H groups in total. The van der Waals surface area contributed by atoms with E-state index < -0.39 is 11.8 Å². The molecule has 0 saturated heterocycles. The van der Waals surface area contributed by atoms with Crippen molar-refractivity contribution >= 4 is 45.3 Å². The molecular formula is C28H18F4S4. The molecule has 36 heavy (non-hydrogen) atoms. The Kier molecular flexibility index (Phi) is 4.57. The summed E-state index contributed by atoms with van der Waals surface area (Å²) in [5.74, 6) is -6.48. The fourth-order valence-electron chi connectivity index (χ4n) is 5.62. The van der Waals surface area contributed by atoms with Crippen molar-refractivity contribution in [3.63, 3.8) is 0 Å². The number of benzene rings is 1. The molecule has 0 aliphatic heterocycles. The molecule has 2 aliphatic rings. The molecule has 0 amide bonds. The minimum Gasteiger partial charge on any atom is -0.196 e. The summed E-state index contributed by atoms with van der Waals surface area (Å²) in [7, 11) is 0. The van der Waals surface area contributed by atoms with Crippen molar-refractivity contribution in [2.45, 2.75) is 39.5 Å². The van der Waals surface area contributed by atoms with Gasteiger partial charge in [-0.25, -0.2) is 0 Å². The number of fused-ring (bicyclic) bond motifs is 6. The van der Waals surface area contributed by atoms with Gasteiger partial charge in [0.05, 0.1) is 0 Å². The summed E-state index contributed by atoms with van der Waals surface area (Å²) < 4.78 is 64.2. The zero-order chi connectivity index (χ0) is 25.3. The molecule has 182 valence electrons. The smallest absolute Gasteiger partial charge is 0.196 e. The highest BCUT2D eigenvalue weighted by Crippen LogP contribution is 2.65. The summed E-state index contributed by atoms with van der Waals surface area (Å²) in [4.78, 5) is 6.37. The zero-order valence-electron chi connectivity index (χ0n) is 19.6. The van der Waals surface area contributed by atoms with Crippen molar-refractivity contribution < 1.29 is 17.6 Å². The van der Waals surface area contributed by atoms with E-state index in [1.807, 2.05) is 38.1 Å². The van der Waals surface area contributed by atoms with Crippen LogP contribution in [0.4, 0.5) is 17.6 Å². The molecule has 0 atom stereocenters. The third kappa shape index (κ3) is 2.79. The van der Waals surface area contributed by atoms with Crippen LogP contribution in [0.15, 0.2) is 36.4 Å². The van der Waals surface area contributed by atoms with E-state index >= 15 is 17.6 Å². The van der Waals surface area contributed by atoms with E-state index in [2.05, 4.69) is 0 Å². The normalized spacial score (nSPS) is 16.2. The van der Waals surface area contributed by atoms with Crippen LogP contribution in [0, 0.1) is 27.7 Å². The van der Waals surface area contributed by atoms with E-state index in [0.717, 1.165) is 29.3 Å². The van der Waals surface area contributed by atoms with Crippen molar-refractivity contribution in [1.29, 1.82) is 0 Å². The molecule has 0 saturated carbocycles. The Morgan fingerprint density at radius 3 is 1.25 bits per heavy atom. The van der Waals surface area contributed by atoms with Gasteiger partial charge in [-0.2, -0.15) is 17.6 Å². The SMILES string of the molecule is Cc1ccc(-c2cc3c(s2)-c2c(C)c4c(c(C)c2C3(F)F)-c2sc(-c3ccc(C)s3)cc2C4(F)F)s1. The lowest BCUT2D eigenvalue weighted by atomic mass is 9.88. The minimum atomic E-state index is -3.24. The summed E-state index contributed by atoms with van der Waals surface area (Å²) in [5, 5.41) is 0. The lowest BCUT2D eigenvalue weighted by molar-refractivity contribution is 0.0444. The second kappa shape index (κ2) is 7.19. The zero-order valence-corrected chi connectivity index (χ0v) is 22.9. The third-order valence-electron chi connectivity index (χ3n) is 7.19. The number of thiophene rings is 4. The Bertz CT molecular complexity index is 1610. The molecule has 0 fully saturated rings. The second-order valence-electron chi connectivity index (χ2n) is 9.43. The number of aryl methyl sites for hydroxylation is 2. The molecule has 8 heteroatoms. The molecule has 0 radical (unpaired) electrons. The van der Waals surface area contributed by atoms with Gasteiger partial charge in [-0.1, -0.05) is 0 Å². The van der Waals surface area contributed by atoms with Crippen molar-refractivity contribution in [2.24, 2.45) is 0 Å². The largest absolute Gasteiger partial charge is 0.300 e. The summed E-state index contributed by atoms with van der Waals surface area (Å²) in [5.41, 5.74) is 0.757. The van der Waals surface area contributed by atoms with Crippen molar-refractivity contribution in [1.82, 2.24) is 0 Å². The van der Waals surface area contributed by atoms with E-state index in [-0.39, 0.29) is 33.4 Å². The molecule has 0 spiro atoms. The first-order chi connectivity index (χ1) is 17.0. The van der Waals surface area contributed by atoms with Gasteiger partial charge in [0.15, 0.2) is 0 Å². The van der Waals surface area contributed by atoms with E-state index in [9.17, 15) is 0 Å². The highest BCUT2D eigenvalue weighted by molar-refractivity contribution is 7.24. The molecule has 0 unspecified atom stereocenters. The molecule has 0 bridgehead atoms. The number of alkyl halides is 4. The molecule has 1 aromatic carbocycles. The first-order valence-electron chi connectivity index (χ1n) is 11.4. The first kappa shape index (κ1) is 22.9. The van der Waals surface area contributed by atoms with E-state index in [1.165, 1.54) is 22.7 Å². The van der Waals surface area contributed by atoms with E-state index in [4.69, 9.17) is 0 Å². The van der Waals surface area contributed by atoms with Gasteiger partial charge < -0.3 is 0 Å². The average molecular weight is 559 g/mol. The quantitative estimate of drug-likeness (QED) is 0.189. The third-order valence-corrected chi connectivity index (χ3v) is 11.9. The Morgan fingerprint density at radius 2 is 0.917 bits per heavy atom. The van der Waals surface area contributed by atoms with Gasteiger partial charge in [-0.15, -0.1) is 45.3 Å². The summed E-state index contributed by atoms with van der Waals surface area (Å²) in [6, 6.07) is 10.9. The summed E-state index contributed by atoms with van der Waals surface area (Å²) in [6.07, 6.45) is 0. The van der Waals surface area contributed by atoms with Crippen LogP contribution in [-0.2, 0) is 11.8 Å². The lowest BCUT2D eigenvalue weighted by Gasteiger charge is -2.22. The molecule has 0 nitrogen and oxygen atoms in total. The molecule has 4 aromatic heterocycles. The lowest BCUT2D eigenvalue weighted by Crippen LogP contribution is -2.16. The van der Waals surface area contributed by atoms with Gasteiger partial charge in [0.25, 0.3) is 0 Å². The average Bonchev–Trinajstić information content (AvgIpc) is 3.60. The summed E-state index contributed by atoms with van der Waals surface area (Å²) >= 11 is 5.65. The van der Waals surface area contributed by atoms with Gasteiger partial charge in [0, 0.05) is 72.4 Å². The summed E-state index contributed by atoms with van der Waals surface area (Å²) in [6.45, 7) is 7.12. The molecule has 7 rings (SSSR count). The number of hydrogen-bond acceptors (Lipinski definition) is 4. The van der Waals surface area contributed by atoms with Gasteiger partial charge >= 0.3 is 11.8 Å². The monoisotopic (exact) mass is 558 g/mol. The number of halogens is 4. The highest BCUT2D eigenvalue weighted by atomic mass is 32.1. The maximum atomic E-state index is 16.0. The van der Waals surface area contributed by atoms with Gasteiger partial charge in [-0.3, -0.25) is 0 Å². The van der Waals surface area contributed by atoms with E-state index in [1.54, 1.807) is 48.7 Å². The van der Waals surface area contributed by atoms with Crippen LogP contribution in [0.2, 0.25) is 0 Å². The van der Waals surface area contributed by atoms with Gasteiger partial charge in [0.1, 0.15) is 0 Å². The first-order valence-corrected chi connectivity index (χ1v) is 14.6. The molecule has 5 aromatic rings. The van der Waals surface area contributed by atoms with Crippen LogP contribution in [0.3, 0.4) is 0 Å². The van der Waals surface area contributed by atoms with Gasteiger partial charge in [-0.05, 0) is 75.2 Å². The Morgan fingerprint density at radius 1 is 0.528 bits per heavy atom. The fourth-order valence-corrected chi connectivity index (χ4v) is 10.1. The van der Waals surface area contributed by atoms with Crippen molar-refractivity contribution in [3.05, 3.63) is 79.5 Å². The Hall–Kier alpha value is -2.26. The van der Waals surface area contributed by atoms with Crippen LogP contribution in [-0.4, -0.2) is 0 Å². The van der Waals surface area contributed by atoms with Crippen LogP contribution >= 0.6 is 45.3 Å². The molecule has 4 heterocycles. The van der Waals surface area contributed by atoms with E-state index in [0.29, 0.717) is 20.9 Å². The Balaban J connectivity index is 1.48. The van der Waals surface area contributed by atoms with Crippen LogP contribution in [0.1, 0.15) is 43.1 Å². The second-order valence-corrected chi connectivity index (χ2v) is 14.1. The van der Waals surface area contributed by atoms with Gasteiger partial charge in [0.2, 0.25) is 0 Å². The van der Waals surface area contributed by atoms with Crippen LogP contribution < -0.4 is 0 Å². The molecular weight excluding hydrogens is 541 g/mol.